The molecule has 2 saturated heterocycles. The maximum Gasteiger partial charge on any atom is 0.255 e. The summed E-state index contributed by atoms with van der Waals surface area (Å²) in [5.41, 5.74) is 5.14. The number of methoxy groups -OCH3 is 1. The lowest BCUT2D eigenvalue weighted by molar-refractivity contribution is -0.00722. The number of hydrogen-bond acceptors (Lipinski definition) is 8. The second-order valence-electron chi connectivity index (χ2n) is 11.7. The Morgan fingerprint density at radius 3 is 2.77 bits per heavy atom. The minimum atomic E-state index is -0.0989. The molecule has 4 heterocycles. The molecule has 1 aromatic heterocycles. The van der Waals surface area contributed by atoms with Crippen molar-refractivity contribution in [3.8, 4) is 23.1 Å². The second-order valence-corrected chi connectivity index (χ2v) is 12.1. The van der Waals surface area contributed by atoms with Gasteiger partial charge in [0.2, 0.25) is 5.95 Å². The summed E-state index contributed by atoms with van der Waals surface area (Å²) >= 11 is 6.63. The normalized spacial score (nSPS) is 18.3. The van der Waals surface area contributed by atoms with Crippen molar-refractivity contribution in [3.05, 3.63) is 58.2 Å². The van der Waals surface area contributed by atoms with Crippen molar-refractivity contribution >= 4 is 34.8 Å². The highest BCUT2D eigenvalue weighted by molar-refractivity contribution is 6.34. The molecular formula is C30H32ClN7O2. The van der Waals surface area contributed by atoms with Gasteiger partial charge in [0.25, 0.3) is 5.91 Å². The van der Waals surface area contributed by atoms with Gasteiger partial charge in [-0.25, -0.2) is 9.97 Å². The van der Waals surface area contributed by atoms with Gasteiger partial charge in [-0.3, -0.25) is 4.79 Å². The first-order valence-electron chi connectivity index (χ1n) is 13.5. The van der Waals surface area contributed by atoms with Crippen LogP contribution < -0.4 is 20.7 Å². The quantitative estimate of drug-likeness (QED) is 0.404. The third kappa shape index (κ3) is 4.61. The Kier molecular flexibility index (Phi) is 6.56. The molecule has 6 rings (SSSR count). The fourth-order valence-corrected chi connectivity index (χ4v) is 6.31. The number of carbonyl (C=O) groups excluding carboxylic acids is 1. The van der Waals surface area contributed by atoms with Gasteiger partial charge in [0.05, 0.1) is 40.3 Å². The molecule has 3 aromatic rings. The first kappa shape index (κ1) is 26.4. The molecule has 40 heavy (non-hydrogen) atoms. The van der Waals surface area contributed by atoms with Crippen molar-refractivity contribution in [2.24, 2.45) is 5.41 Å². The van der Waals surface area contributed by atoms with Crippen LogP contribution in [0.1, 0.15) is 48.2 Å². The van der Waals surface area contributed by atoms with E-state index >= 15 is 0 Å². The molecule has 0 radical (unpaired) electrons. The average Bonchev–Trinajstić information content (AvgIpc) is 3.25. The summed E-state index contributed by atoms with van der Waals surface area (Å²) in [6.45, 7) is 8.55. The summed E-state index contributed by atoms with van der Waals surface area (Å²) in [6, 6.07) is 11.4. The number of fused-ring (bicyclic) bond motifs is 1. The van der Waals surface area contributed by atoms with Crippen LogP contribution in [0, 0.1) is 16.7 Å². The van der Waals surface area contributed by atoms with Gasteiger partial charge in [0.15, 0.2) is 0 Å². The number of ether oxygens (including phenoxy) is 1. The molecule has 9 nitrogen and oxygen atoms in total. The summed E-state index contributed by atoms with van der Waals surface area (Å²) in [6.07, 6.45) is 3.95. The third-order valence-corrected chi connectivity index (χ3v) is 8.63. The van der Waals surface area contributed by atoms with Crippen molar-refractivity contribution < 1.29 is 9.53 Å². The molecule has 1 amide bonds. The van der Waals surface area contributed by atoms with E-state index in [4.69, 9.17) is 21.3 Å². The molecule has 3 aliphatic rings. The van der Waals surface area contributed by atoms with E-state index in [0.29, 0.717) is 39.2 Å². The standard InChI is InChI=1S/C30H32ClN7O2/c1-29(2)14-35-26-19(13-32)9-18(10-21(26)29)23-5-8-34-28(36-23)37-24-12-22(31)20(11-25(24)40-3)27(39)38-16-30(17-38)6-4-7-33-15-30/h5,8-12,33,35H,4,6-7,14-17H2,1-3H3,(H,34,36,37). The summed E-state index contributed by atoms with van der Waals surface area (Å²) < 4.78 is 5.62. The van der Waals surface area contributed by atoms with Gasteiger partial charge in [-0.15, -0.1) is 0 Å². The van der Waals surface area contributed by atoms with Crippen LogP contribution in [0.2, 0.25) is 5.02 Å². The zero-order chi connectivity index (χ0) is 28.1. The zero-order valence-electron chi connectivity index (χ0n) is 22.9. The van der Waals surface area contributed by atoms with Gasteiger partial charge in [-0.05, 0) is 55.3 Å². The van der Waals surface area contributed by atoms with Gasteiger partial charge in [-0.1, -0.05) is 25.4 Å². The summed E-state index contributed by atoms with van der Waals surface area (Å²) in [5.74, 6) is 0.719. The third-order valence-electron chi connectivity index (χ3n) is 8.31. The average molecular weight is 558 g/mol. The van der Waals surface area contributed by atoms with Crippen molar-refractivity contribution in [1.82, 2.24) is 20.2 Å². The monoisotopic (exact) mass is 557 g/mol. The predicted molar refractivity (Wildman–Crippen MR) is 155 cm³/mol. The fourth-order valence-electron chi connectivity index (χ4n) is 6.07. The van der Waals surface area contributed by atoms with E-state index in [1.54, 1.807) is 25.4 Å². The lowest BCUT2D eigenvalue weighted by Crippen LogP contribution is -2.63. The minimum absolute atomic E-state index is 0.0911. The van der Waals surface area contributed by atoms with E-state index in [2.05, 4.69) is 46.9 Å². The molecule has 10 heteroatoms. The number of benzene rings is 2. The summed E-state index contributed by atoms with van der Waals surface area (Å²) in [7, 11) is 1.55. The maximum atomic E-state index is 13.3. The molecule has 2 fully saturated rings. The zero-order valence-corrected chi connectivity index (χ0v) is 23.7. The SMILES string of the molecule is COc1cc(C(=O)N2CC3(CCCNC3)C2)c(Cl)cc1Nc1nccc(-c2cc(C#N)c3c(c2)C(C)(C)CN3)n1. The van der Waals surface area contributed by atoms with Crippen LogP contribution in [-0.4, -0.2) is 60.6 Å². The number of carbonyl (C=O) groups is 1. The molecule has 0 aliphatic carbocycles. The highest BCUT2D eigenvalue weighted by atomic mass is 35.5. The van der Waals surface area contributed by atoms with Crippen molar-refractivity contribution in [2.45, 2.75) is 32.1 Å². The number of aromatic nitrogens is 2. The van der Waals surface area contributed by atoms with Crippen molar-refractivity contribution in [2.75, 3.05) is 50.5 Å². The molecule has 2 aromatic carbocycles. The molecule has 3 aliphatic heterocycles. The molecule has 1 spiro atoms. The Balaban J connectivity index is 1.25. The largest absolute Gasteiger partial charge is 0.495 e. The number of likely N-dealkylation sites (tertiary alicyclic amines) is 1. The van der Waals surface area contributed by atoms with E-state index < -0.39 is 0 Å². The lowest BCUT2D eigenvalue weighted by atomic mass is 9.74. The number of nitrogens with zero attached hydrogens (tertiary/aromatic N) is 4. The van der Waals surface area contributed by atoms with Gasteiger partial charge < -0.3 is 25.6 Å². The van der Waals surface area contributed by atoms with Crippen LogP contribution in [0.3, 0.4) is 0 Å². The second kappa shape index (κ2) is 9.95. The number of nitriles is 1. The van der Waals surface area contributed by atoms with Gasteiger partial charge in [0.1, 0.15) is 11.8 Å². The maximum absolute atomic E-state index is 13.3. The van der Waals surface area contributed by atoms with Crippen LogP contribution in [0.4, 0.5) is 17.3 Å². The Hall–Kier alpha value is -3.87. The Bertz CT molecular complexity index is 1530. The first-order valence-corrected chi connectivity index (χ1v) is 13.9. The minimum Gasteiger partial charge on any atom is -0.495 e. The van der Waals surface area contributed by atoms with E-state index in [0.717, 1.165) is 62.4 Å². The number of nitrogens with one attached hydrogen (secondary N) is 3. The summed E-state index contributed by atoms with van der Waals surface area (Å²) in [4.78, 5) is 24.2. The van der Waals surface area contributed by atoms with Crippen molar-refractivity contribution in [1.29, 1.82) is 5.26 Å². The molecule has 3 N–H and O–H groups in total. The highest BCUT2D eigenvalue weighted by Gasteiger charge is 2.46. The van der Waals surface area contributed by atoms with Gasteiger partial charge in [0, 0.05) is 48.8 Å². The van der Waals surface area contributed by atoms with Gasteiger partial charge in [-0.2, -0.15) is 5.26 Å². The molecule has 0 bridgehead atoms. The topological polar surface area (TPSA) is 115 Å². The Labute approximate surface area is 238 Å². The molecule has 206 valence electrons. The number of amides is 1. The number of piperidine rings is 1. The highest BCUT2D eigenvalue weighted by Crippen LogP contribution is 2.42. The van der Waals surface area contributed by atoms with E-state index in [1.807, 2.05) is 17.0 Å². The number of rotatable bonds is 5. The van der Waals surface area contributed by atoms with Crippen LogP contribution in [0.25, 0.3) is 11.3 Å². The molecule has 0 atom stereocenters. The molecular weight excluding hydrogens is 526 g/mol. The van der Waals surface area contributed by atoms with Crippen LogP contribution in [-0.2, 0) is 5.41 Å². The first-order chi connectivity index (χ1) is 19.2. The van der Waals surface area contributed by atoms with Crippen LogP contribution in [0.15, 0.2) is 36.5 Å². The predicted octanol–water partition coefficient (Wildman–Crippen LogP) is 4.95. The molecule has 0 saturated carbocycles. The lowest BCUT2D eigenvalue weighted by Gasteiger charge is -2.52. The van der Waals surface area contributed by atoms with Gasteiger partial charge >= 0.3 is 0 Å². The Morgan fingerprint density at radius 1 is 1.23 bits per heavy atom. The van der Waals surface area contributed by atoms with E-state index in [-0.39, 0.29) is 16.7 Å². The fraction of sp³-hybridized carbons (Fsp3) is 0.400. The van der Waals surface area contributed by atoms with E-state index in [9.17, 15) is 10.1 Å². The number of hydrogen-bond donors (Lipinski definition) is 3. The molecule has 0 unspecified atom stereocenters. The van der Waals surface area contributed by atoms with Crippen molar-refractivity contribution in [3.63, 3.8) is 0 Å². The number of anilines is 3. The van der Waals surface area contributed by atoms with E-state index in [1.165, 1.54) is 0 Å². The number of halogens is 1. The smallest absolute Gasteiger partial charge is 0.255 e. The van der Waals surface area contributed by atoms with Crippen LogP contribution in [0.5, 0.6) is 5.75 Å². The Morgan fingerprint density at radius 2 is 2.05 bits per heavy atom. The summed E-state index contributed by atoms with van der Waals surface area (Å²) in [5, 5.41) is 20.1. The van der Waals surface area contributed by atoms with Crippen LogP contribution >= 0.6 is 11.6 Å².